The van der Waals surface area contributed by atoms with Crippen LogP contribution in [-0.2, 0) is 25.6 Å². The van der Waals surface area contributed by atoms with Gasteiger partial charge in [-0.3, -0.25) is 0 Å². The van der Waals surface area contributed by atoms with Crippen molar-refractivity contribution in [3.8, 4) is 0 Å². The van der Waals surface area contributed by atoms with E-state index in [1.54, 1.807) is 30.3 Å². The standard InChI is InChI=1S/C16H19Cl3O8/c1-8(20)10-11(26-14(22)15(17,18)19)12(13(21)16(23,24)27-10)25-7-9-5-3-2-4-6-9/h2-6,8,10-13,20-21,23-24H,7H2,1H3/t8?,10-,11+,12-,13+/m0/s1. The minimum absolute atomic E-state index is 0.0764. The second kappa shape index (κ2) is 8.77. The van der Waals surface area contributed by atoms with Gasteiger partial charge in [0.05, 0.1) is 12.7 Å². The Morgan fingerprint density at radius 3 is 2.37 bits per heavy atom. The summed E-state index contributed by atoms with van der Waals surface area (Å²) in [6, 6.07) is 8.74. The molecule has 1 aliphatic heterocycles. The highest BCUT2D eigenvalue weighted by Gasteiger charge is 2.57. The van der Waals surface area contributed by atoms with Gasteiger partial charge in [-0.25, -0.2) is 4.79 Å². The first-order valence-electron chi connectivity index (χ1n) is 7.85. The lowest BCUT2D eigenvalue weighted by Crippen LogP contribution is -2.68. The van der Waals surface area contributed by atoms with Gasteiger partial charge in [-0.15, -0.1) is 0 Å². The predicted molar refractivity (Wildman–Crippen MR) is 94.9 cm³/mol. The number of halogens is 3. The lowest BCUT2D eigenvalue weighted by Gasteiger charge is -2.46. The number of hydrogen-bond acceptors (Lipinski definition) is 8. The number of carbonyl (C=O) groups excluding carboxylic acids is 1. The van der Waals surface area contributed by atoms with E-state index < -0.39 is 46.3 Å². The lowest BCUT2D eigenvalue weighted by atomic mass is 9.94. The molecule has 0 aromatic heterocycles. The highest BCUT2D eigenvalue weighted by Crippen LogP contribution is 2.35. The quantitative estimate of drug-likeness (QED) is 0.295. The third-order valence-electron chi connectivity index (χ3n) is 3.89. The highest BCUT2D eigenvalue weighted by atomic mass is 35.6. The smallest absolute Gasteiger partial charge is 0.359 e. The lowest BCUT2D eigenvalue weighted by molar-refractivity contribution is -0.442. The van der Waals surface area contributed by atoms with Gasteiger partial charge in [-0.2, -0.15) is 0 Å². The molecular formula is C16H19Cl3O8. The van der Waals surface area contributed by atoms with Crippen molar-refractivity contribution in [2.45, 2.75) is 53.8 Å². The molecule has 0 bridgehead atoms. The number of rotatable bonds is 5. The maximum absolute atomic E-state index is 12.0. The number of aliphatic hydroxyl groups excluding tert-OH is 2. The van der Waals surface area contributed by atoms with E-state index in [1.807, 2.05) is 0 Å². The topological polar surface area (TPSA) is 126 Å². The number of alkyl halides is 3. The van der Waals surface area contributed by atoms with Gasteiger partial charge in [-0.05, 0) is 12.5 Å². The Morgan fingerprint density at radius 1 is 1.26 bits per heavy atom. The van der Waals surface area contributed by atoms with Crippen molar-refractivity contribution < 1.29 is 39.4 Å². The van der Waals surface area contributed by atoms with E-state index in [2.05, 4.69) is 0 Å². The van der Waals surface area contributed by atoms with Crippen LogP contribution < -0.4 is 0 Å². The van der Waals surface area contributed by atoms with Crippen LogP contribution in [0.1, 0.15) is 12.5 Å². The first-order chi connectivity index (χ1) is 12.4. The molecule has 1 fully saturated rings. The van der Waals surface area contributed by atoms with Crippen LogP contribution in [0.15, 0.2) is 30.3 Å². The van der Waals surface area contributed by atoms with Crippen molar-refractivity contribution >= 4 is 40.8 Å². The van der Waals surface area contributed by atoms with Crippen LogP contribution in [0.25, 0.3) is 0 Å². The molecule has 2 rings (SSSR count). The maximum atomic E-state index is 12.0. The fourth-order valence-corrected chi connectivity index (χ4v) is 2.70. The molecule has 1 aromatic rings. The number of benzene rings is 1. The van der Waals surface area contributed by atoms with Crippen molar-refractivity contribution in [3.05, 3.63) is 35.9 Å². The van der Waals surface area contributed by atoms with Crippen molar-refractivity contribution in [3.63, 3.8) is 0 Å². The number of carbonyl (C=O) groups is 1. The molecule has 0 saturated carbocycles. The molecule has 0 aliphatic carbocycles. The molecule has 1 aliphatic rings. The normalized spacial score (nSPS) is 29.2. The first-order valence-corrected chi connectivity index (χ1v) is 8.99. The number of aliphatic hydroxyl groups is 4. The Balaban J connectivity index is 2.29. The van der Waals surface area contributed by atoms with Gasteiger partial charge in [0.2, 0.25) is 0 Å². The Hall–Kier alpha value is -0.680. The van der Waals surface area contributed by atoms with E-state index in [4.69, 9.17) is 49.0 Å². The molecule has 5 atom stereocenters. The minimum Gasteiger partial charge on any atom is -0.453 e. The minimum atomic E-state index is -3.06. The van der Waals surface area contributed by atoms with E-state index in [0.29, 0.717) is 5.56 Å². The van der Waals surface area contributed by atoms with Crippen LogP contribution in [-0.4, -0.2) is 66.7 Å². The molecule has 4 N–H and O–H groups in total. The van der Waals surface area contributed by atoms with Crippen LogP contribution in [0.4, 0.5) is 0 Å². The fraction of sp³-hybridized carbons (Fsp3) is 0.562. The zero-order valence-electron chi connectivity index (χ0n) is 14.0. The maximum Gasteiger partial charge on any atom is 0.359 e. The molecule has 1 unspecified atom stereocenters. The molecule has 1 saturated heterocycles. The van der Waals surface area contributed by atoms with E-state index >= 15 is 0 Å². The third-order valence-corrected chi connectivity index (χ3v) is 4.35. The summed E-state index contributed by atoms with van der Waals surface area (Å²) in [5.74, 6) is -4.37. The van der Waals surface area contributed by atoms with Crippen molar-refractivity contribution in [1.29, 1.82) is 0 Å². The molecule has 1 aromatic carbocycles. The molecule has 8 nitrogen and oxygen atoms in total. The van der Waals surface area contributed by atoms with Crippen LogP contribution in [0.5, 0.6) is 0 Å². The average molecular weight is 446 g/mol. The van der Waals surface area contributed by atoms with Gasteiger partial charge < -0.3 is 34.6 Å². The highest BCUT2D eigenvalue weighted by molar-refractivity contribution is 6.75. The number of ether oxygens (including phenoxy) is 3. The summed E-state index contributed by atoms with van der Waals surface area (Å²) in [5, 5.41) is 40.0. The van der Waals surface area contributed by atoms with Crippen LogP contribution in [0, 0.1) is 0 Å². The predicted octanol–water partition coefficient (Wildman–Crippen LogP) is 0.633. The van der Waals surface area contributed by atoms with E-state index in [9.17, 15) is 25.2 Å². The molecule has 27 heavy (non-hydrogen) atoms. The summed E-state index contributed by atoms with van der Waals surface area (Å²) in [4.78, 5) is 12.0. The van der Waals surface area contributed by atoms with E-state index in [-0.39, 0.29) is 6.61 Å². The zero-order valence-corrected chi connectivity index (χ0v) is 16.3. The SMILES string of the molecule is CC(O)[C@@H]1OC(O)(O)[C@H](O)[C@@H](OCc2ccccc2)[C@@H]1OC(=O)C(Cl)(Cl)Cl. The van der Waals surface area contributed by atoms with Gasteiger partial charge in [0.25, 0.3) is 3.79 Å². The summed E-state index contributed by atoms with van der Waals surface area (Å²) >= 11 is 16.5. The summed E-state index contributed by atoms with van der Waals surface area (Å²) in [6.45, 7) is 1.18. The number of esters is 1. The van der Waals surface area contributed by atoms with Crippen LogP contribution >= 0.6 is 34.8 Å². The van der Waals surface area contributed by atoms with Crippen LogP contribution in [0.3, 0.4) is 0 Å². The molecule has 1 heterocycles. The summed E-state index contributed by atoms with van der Waals surface area (Å²) < 4.78 is 13.1. The van der Waals surface area contributed by atoms with Gasteiger partial charge in [0, 0.05) is 0 Å². The monoisotopic (exact) mass is 444 g/mol. The van der Waals surface area contributed by atoms with E-state index in [1.165, 1.54) is 6.92 Å². The third kappa shape index (κ3) is 5.66. The van der Waals surface area contributed by atoms with Gasteiger partial charge >= 0.3 is 11.9 Å². The second-order valence-corrected chi connectivity index (χ2v) is 8.34. The number of hydrogen-bond donors (Lipinski definition) is 4. The molecule has 11 heteroatoms. The van der Waals surface area contributed by atoms with E-state index in [0.717, 1.165) is 0 Å². The first kappa shape index (κ1) is 22.6. The molecule has 152 valence electrons. The van der Waals surface area contributed by atoms with Crippen molar-refractivity contribution in [2.24, 2.45) is 0 Å². The van der Waals surface area contributed by atoms with Crippen LogP contribution in [0.2, 0.25) is 0 Å². The summed E-state index contributed by atoms with van der Waals surface area (Å²) in [6.07, 6.45) is -7.90. The Kier molecular flexibility index (Phi) is 7.34. The molecule has 0 spiro atoms. The Bertz CT molecular complexity index is 634. The van der Waals surface area contributed by atoms with Gasteiger partial charge in [0.1, 0.15) is 12.2 Å². The Morgan fingerprint density at radius 2 is 1.85 bits per heavy atom. The average Bonchev–Trinajstić information content (AvgIpc) is 2.57. The second-order valence-electron chi connectivity index (χ2n) is 6.06. The molecular weight excluding hydrogens is 427 g/mol. The summed E-state index contributed by atoms with van der Waals surface area (Å²) in [7, 11) is 0. The Labute approximate surface area is 170 Å². The van der Waals surface area contributed by atoms with Gasteiger partial charge in [-0.1, -0.05) is 65.1 Å². The van der Waals surface area contributed by atoms with Crippen molar-refractivity contribution in [2.75, 3.05) is 0 Å². The largest absolute Gasteiger partial charge is 0.453 e. The molecule has 0 amide bonds. The van der Waals surface area contributed by atoms with Crippen molar-refractivity contribution in [1.82, 2.24) is 0 Å². The zero-order chi connectivity index (χ0) is 20.4. The summed E-state index contributed by atoms with van der Waals surface area (Å²) in [5.41, 5.74) is 0.692. The van der Waals surface area contributed by atoms with Gasteiger partial charge in [0.15, 0.2) is 12.2 Å². The molecule has 0 radical (unpaired) electrons. The fourth-order valence-electron chi connectivity index (χ4n) is 2.57.